The summed E-state index contributed by atoms with van der Waals surface area (Å²) in [7, 11) is 0. The molecule has 9 heteroatoms. The Bertz CT molecular complexity index is 1480. The van der Waals surface area contributed by atoms with Gasteiger partial charge in [-0.1, -0.05) is 37.4 Å². The summed E-state index contributed by atoms with van der Waals surface area (Å²) < 4.78 is 54.9. The number of aryl methyl sites for hydroxylation is 1. The predicted molar refractivity (Wildman–Crippen MR) is 128 cm³/mol. The van der Waals surface area contributed by atoms with Gasteiger partial charge in [0.2, 0.25) is 0 Å². The largest absolute Gasteiger partial charge is 0.573 e. The summed E-state index contributed by atoms with van der Waals surface area (Å²) in [5.74, 6) is -2.06. The zero-order valence-corrected chi connectivity index (χ0v) is 19.1. The van der Waals surface area contributed by atoms with Crippen molar-refractivity contribution in [3.05, 3.63) is 79.4 Å². The van der Waals surface area contributed by atoms with Gasteiger partial charge in [-0.2, -0.15) is 0 Å². The van der Waals surface area contributed by atoms with Crippen LogP contribution in [-0.2, 0) is 9.59 Å². The summed E-state index contributed by atoms with van der Waals surface area (Å²) in [6, 6.07) is 13.4. The molecule has 0 aliphatic carbocycles. The van der Waals surface area contributed by atoms with E-state index < -0.39 is 24.1 Å². The third-order valence-corrected chi connectivity index (χ3v) is 6.46. The molecule has 0 atom stereocenters. The molecule has 0 bridgehead atoms. The van der Waals surface area contributed by atoms with Crippen molar-refractivity contribution in [2.45, 2.75) is 13.3 Å². The Morgan fingerprint density at radius 2 is 1.46 bits per heavy atom. The minimum atomic E-state index is -4.99. The van der Waals surface area contributed by atoms with Crippen molar-refractivity contribution in [3.63, 3.8) is 0 Å². The molecule has 0 N–H and O–H groups in total. The summed E-state index contributed by atoms with van der Waals surface area (Å²) >= 11 is 1.11. The van der Waals surface area contributed by atoms with Gasteiger partial charge in [-0.3, -0.25) is 0 Å². The van der Waals surface area contributed by atoms with Gasteiger partial charge in [0.15, 0.2) is 11.5 Å². The lowest BCUT2D eigenvalue weighted by atomic mass is 9.98. The maximum absolute atomic E-state index is 13.2. The lowest BCUT2D eigenvalue weighted by Gasteiger charge is -2.13. The molecule has 0 amide bonds. The van der Waals surface area contributed by atoms with E-state index in [-0.39, 0.29) is 10.4 Å². The highest BCUT2D eigenvalue weighted by atomic mass is 32.1. The highest BCUT2D eigenvalue weighted by molar-refractivity contribution is 7.26. The molecule has 0 saturated heterocycles. The van der Waals surface area contributed by atoms with Gasteiger partial charge in [0.1, 0.15) is 5.75 Å². The average molecular weight is 498 g/mol. The maximum atomic E-state index is 13.2. The minimum Gasteiger partial charge on any atom is -0.423 e. The molecule has 0 saturated carbocycles. The predicted octanol–water partition coefficient (Wildman–Crippen LogP) is 7.11. The fraction of sp³-hybridized carbons (Fsp3) is 0.0769. The van der Waals surface area contributed by atoms with Crippen LogP contribution in [0.1, 0.15) is 5.56 Å². The normalized spacial score (nSPS) is 11.3. The van der Waals surface area contributed by atoms with Crippen LogP contribution in [0.4, 0.5) is 13.2 Å². The Balaban J connectivity index is 1.84. The van der Waals surface area contributed by atoms with Crippen molar-refractivity contribution in [1.82, 2.24) is 0 Å². The topological polar surface area (TPSA) is 61.8 Å². The number of esters is 2. The third kappa shape index (κ3) is 4.90. The molecule has 5 nitrogen and oxygen atoms in total. The summed E-state index contributed by atoms with van der Waals surface area (Å²) in [6.45, 7) is 8.49. The van der Waals surface area contributed by atoms with Crippen molar-refractivity contribution < 1.29 is 37.0 Å². The van der Waals surface area contributed by atoms with E-state index >= 15 is 0 Å². The Morgan fingerprint density at radius 3 is 2.09 bits per heavy atom. The smallest absolute Gasteiger partial charge is 0.423 e. The van der Waals surface area contributed by atoms with Gasteiger partial charge in [-0.15, -0.1) is 24.5 Å². The van der Waals surface area contributed by atoms with E-state index in [9.17, 15) is 22.8 Å². The summed E-state index contributed by atoms with van der Waals surface area (Å²) in [4.78, 5) is 23.0. The number of carbonyl (C=O) groups excluding carboxylic acids is 2. The van der Waals surface area contributed by atoms with E-state index in [0.29, 0.717) is 11.1 Å². The number of halogens is 3. The molecule has 0 aliphatic heterocycles. The number of rotatable bonds is 6. The number of carbonyl (C=O) groups is 2. The highest BCUT2D eigenvalue weighted by Crippen LogP contribution is 2.48. The molecule has 1 aromatic heterocycles. The van der Waals surface area contributed by atoms with E-state index in [0.717, 1.165) is 50.3 Å². The molecule has 178 valence electrons. The Hall–Kier alpha value is -4.11. The molecule has 3 aromatic carbocycles. The molecule has 0 aliphatic rings. The van der Waals surface area contributed by atoms with Crippen molar-refractivity contribution in [3.8, 4) is 28.4 Å². The Morgan fingerprint density at radius 1 is 0.857 bits per heavy atom. The minimum absolute atomic E-state index is 0.193. The fourth-order valence-electron chi connectivity index (χ4n) is 3.61. The van der Waals surface area contributed by atoms with Crippen LogP contribution in [0.2, 0.25) is 0 Å². The quantitative estimate of drug-likeness (QED) is 0.161. The van der Waals surface area contributed by atoms with E-state index in [2.05, 4.69) is 17.9 Å². The zero-order chi connectivity index (χ0) is 25.3. The van der Waals surface area contributed by atoms with Crippen LogP contribution in [0.5, 0.6) is 17.2 Å². The van der Waals surface area contributed by atoms with Crippen molar-refractivity contribution in [2.24, 2.45) is 0 Å². The second kappa shape index (κ2) is 9.27. The van der Waals surface area contributed by atoms with Crippen LogP contribution in [-0.4, -0.2) is 18.3 Å². The number of hydrogen-bond donors (Lipinski definition) is 0. The van der Waals surface area contributed by atoms with Crippen molar-refractivity contribution in [2.75, 3.05) is 0 Å². The number of alkyl halides is 3. The van der Waals surface area contributed by atoms with Crippen LogP contribution in [0.3, 0.4) is 0 Å². The van der Waals surface area contributed by atoms with Crippen LogP contribution in [0.25, 0.3) is 31.3 Å². The number of hydrogen-bond acceptors (Lipinski definition) is 6. The molecule has 0 radical (unpaired) electrons. The van der Waals surface area contributed by atoms with Crippen LogP contribution < -0.4 is 14.2 Å². The molecule has 0 spiro atoms. The van der Waals surface area contributed by atoms with Gasteiger partial charge in [-0.25, -0.2) is 9.59 Å². The fourth-order valence-corrected chi connectivity index (χ4v) is 4.89. The van der Waals surface area contributed by atoms with E-state index in [1.54, 1.807) is 30.3 Å². The Kier molecular flexibility index (Phi) is 6.36. The number of thiophene rings is 1. The second-order valence-corrected chi connectivity index (χ2v) is 8.33. The van der Waals surface area contributed by atoms with E-state index in [4.69, 9.17) is 9.47 Å². The monoisotopic (exact) mass is 498 g/mol. The van der Waals surface area contributed by atoms with Gasteiger partial charge in [-0.05, 0) is 47.9 Å². The number of fused-ring (bicyclic) bond motifs is 3. The second-order valence-electron chi connectivity index (χ2n) is 7.31. The highest BCUT2D eigenvalue weighted by Gasteiger charge is 2.34. The molecule has 35 heavy (non-hydrogen) atoms. The van der Waals surface area contributed by atoms with Gasteiger partial charge >= 0.3 is 18.3 Å². The van der Waals surface area contributed by atoms with Gasteiger partial charge in [0.05, 0.1) is 4.70 Å². The lowest BCUT2D eigenvalue weighted by Crippen LogP contribution is -2.18. The Labute approximate surface area is 201 Å². The SMILES string of the molecule is C=CC(=O)Oc1ccc(-c2ccc3c(sc4c(OC(F)(F)F)c(OC(=O)C=C)ccc43)c2C)cc1. The molecule has 4 aromatic rings. The molecule has 0 fully saturated rings. The van der Waals surface area contributed by atoms with Crippen LogP contribution in [0.15, 0.2) is 73.8 Å². The van der Waals surface area contributed by atoms with E-state index in [1.165, 1.54) is 6.07 Å². The first-order chi connectivity index (χ1) is 16.6. The van der Waals surface area contributed by atoms with Gasteiger partial charge < -0.3 is 14.2 Å². The summed E-state index contributed by atoms with van der Waals surface area (Å²) in [5.41, 5.74) is 2.51. The molecular formula is C26H17F3O5S. The average Bonchev–Trinajstić information content (AvgIpc) is 3.20. The number of benzene rings is 3. The summed E-state index contributed by atoms with van der Waals surface area (Å²) in [6.07, 6.45) is -3.07. The van der Waals surface area contributed by atoms with Crippen LogP contribution in [0, 0.1) is 6.92 Å². The summed E-state index contributed by atoms with van der Waals surface area (Å²) in [5, 5.41) is 1.26. The van der Waals surface area contributed by atoms with Gasteiger partial charge in [0, 0.05) is 27.6 Å². The first kappa shape index (κ1) is 24.0. The van der Waals surface area contributed by atoms with Crippen molar-refractivity contribution in [1.29, 1.82) is 0 Å². The molecule has 4 rings (SSSR count). The number of ether oxygens (including phenoxy) is 3. The molecule has 0 unspecified atom stereocenters. The lowest BCUT2D eigenvalue weighted by molar-refractivity contribution is -0.274. The molecule has 1 heterocycles. The van der Waals surface area contributed by atoms with Crippen LogP contribution >= 0.6 is 11.3 Å². The first-order valence-electron chi connectivity index (χ1n) is 10.1. The standard InChI is InChI=1S/C26H17F3O5S/c1-4-21(30)32-16-8-6-15(7-9-16)17-10-11-18-19-12-13-20(33-22(31)5-2)23(34-26(27,28)29)25(19)35-24(18)14(17)3/h4-13H,1-2H2,3H3. The van der Waals surface area contributed by atoms with E-state index in [1.807, 2.05) is 19.1 Å². The first-order valence-corrected chi connectivity index (χ1v) is 11.0. The third-order valence-electron chi connectivity index (χ3n) is 5.12. The molecular weight excluding hydrogens is 481 g/mol. The maximum Gasteiger partial charge on any atom is 0.573 e. The zero-order valence-electron chi connectivity index (χ0n) is 18.3. The van der Waals surface area contributed by atoms with Crippen molar-refractivity contribution >= 4 is 43.4 Å². The van der Waals surface area contributed by atoms with Gasteiger partial charge in [0.25, 0.3) is 0 Å².